The fraction of sp³-hybridized carbons (Fsp3) is 0.375. The number of rotatable bonds is 5. The molecular formula is C16H21NO2. The Labute approximate surface area is 114 Å². The number of nitrogens with one attached hydrogen (secondary N) is 1. The summed E-state index contributed by atoms with van der Waals surface area (Å²) in [5, 5.41) is 3.34. The normalized spacial score (nSPS) is 12.4. The average Bonchev–Trinajstić information content (AvgIpc) is 2.82. The van der Waals surface area contributed by atoms with Crippen molar-refractivity contribution in [2.45, 2.75) is 26.3 Å². The van der Waals surface area contributed by atoms with Crippen LogP contribution in [0.15, 0.2) is 34.9 Å². The van der Waals surface area contributed by atoms with Crippen LogP contribution in [0.5, 0.6) is 5.75 Å². The van der Waals surface area contributed by atoms with Crippen LogP contribution in [0.25, 0.3) is 0 Å². The van der Waals surface area contributed by atoms with Gasteiger partial charge in [0.2, 0.25) is 0 Å². The summed E-state index contributed by atoms with van der Waals surface area (Å²) in [7, 11) is 3.68. The third kappa shape index (κ3) is 3.18. The van der Waals surface area contributed by atoms with E-state index in [9.17, 15) is 0 Å². The number of likely N-dealkylation sites (N-methyl/N-ethyl adjacent to an activating group) is 1. The predicted octanol–water partition coefficient (Wildman–Crippen LogP) is 3.41. The fourth-order valence-corrected chi connectivity index (χ4v) is 2.32. The lowest BCUT2D eigenvalue weighted by atomic mass is 9.99. The predicted molar refractivity (Wildman–Crippen MR) is 76.7 cm³/mol. The van der Waals surface area contributed by atoms with Crippen LogP contribution in [-0.4, -0.2) is 14.2 Å². The quantitative estimate of drug-likeness (QED) is 0.893. The molecule has 1 heterocycles. The molecule has 3 heteroatoms. The third-order valence-electron chi connectivity index (χ3n) is 3.36. The van der Waals surface area contributed by atoms with Crippen LogP contribution in [0.2, 0.25) is 0 Å². The van der Waals surface area contributed by atoms with Gasteiger partial charge >= 0.3 is 0 Å². The molecule has 1 atom stereocenters. The number of hydrogen-bond donors (Lipinski definition) is 1. The molecule has 0 saturated carbocycles. The number of furan rings is 1. The van der Waals surface area contributed by atoms with E-state index < -0.39 is 0 Å². The molecule has 0 fully saturated rings. The Morgan fingerprint density at radius 2 is 2.05 bits per heavy atom. The highest BCUT2D eigenvalue weighted by atomic mass is 16.5. The van der Waals surface area contributed by atoms with Crippen molar-refractivity contribution in [1.82, 2.24) is 5.32 Å². The van der Waals surface area contributed by atoms with Gasteiger partial charge in [0.25, 0.3) is 0 Å². The van der Waals surface area contributed by atoms with Crippen molar-refractivity contribution in [3.63, 3.8) is 0 Å². The summed E-state index contributed by atoms with van der Waals surface area (Å²) in [6, 6.07) is 8.57. The molecule has 0 amide bonds. The largest absolute Gasteiger partial charge is 0.496 e. The molecule has 1 aromatic heterocycles. The first kappa shape index (κ1) is 13.7. The van der Waals surface area contributed by atoms with E-state index in [1.807, 2.05) is 26.3 Å². The SMILES string of the molecule is CNC(Cc1cc(C)ccc1OC)c1coc(C)c1. The molecule has 1 aromatic carbocycles. The molecule has 0 bridgehead atoms. The minimum Gasteiger partial charge on any atom is -0.496 e. The number of benzene rings is 1. The van der Waals surface area contributed by atoms with Crippen molar-refractivity contribution >= 4 is 0 Å². The van der Waals surface area contributed by atoms with Gasteiger partial charge < -0.3 is 14.5 Å². The zero-order valence-corrected chi connectivity index (χ0v) is 12.0. The highest BCUT2D eigenvalue weighted by Gasteiger charge is 2.15. The van der Waals surface area contributed by atoms with Gasteiger partial charge in [0, 0.05) is 11.6 Å². The van der Waals surface area contributed by atoms with E-state index in [4.69, 9.17) is 9.15 Å². The molecule has 2 rings (SSSR count). The van der Waals surface area contributed by atoms with Crippen molar-refractivity contribution in [3.05, 3.63) is 53.0 Å². The molecule has 0 saturated heterocycles. The second-order valence-electron chi connectivity index (χ2n) is 4.85. The minimum atomic E-state index is 0.230. The average molecular weight is 259 g/mol. The van der Waals surface area contributed by atoms with Crippen LogP contribution in [0.1, 0.15) is 28.5 Å². The van der Waals surface area contributed by atoms with E-state index in [1.54, 1.807) is 7.11 Å². The summed E-state index contributed by atoms with van der Waals surface area (Å²) in [4.78, 5) is 0. The van der Waals surface area contributed by atoms with E-state index >= 15 is 0 Å². The van der Waals surface area contributed by atoms with Gasteiger partial charge in [-0.05, 0) is 45.0 Å². The summed E-state index contributed by atoms with van der Waals surface area (Å²) in [6.07, 6.45) is 2.69. The topological polar surface area (TPSA) is 34.4 Å². The first-order chi connectivity index (χ1) is 9.13. The smallest absolute Gasteiger partial charge is 0.122 e. The lowest BCUT2D eigenvalue weighted by Gasteiger charge is -2.17. The highest BCUT2D eigenvalue weighted by molar-refractivity contribution is 5.38. The van der Waals surface area contributed by atoms with Gasteiger partial charge in [-0.2, -0.15) is 0 Å². The second-order valence-corrected chi connectivity index (χ2v) is 4.85. The van der Waals surface area contributed by atoms with E-state index in [0.717, 1.165) is 17.9 Å². The zero-order valence-electron chi connectivity index (χ0n) is 12.0. The second kappa shape index (κ2) is 5.93. The Hall–Kier alpha value is -1.74. The first-order valence-corrected chi connectivity index (χ1v) is 6.50. The van der Waals surface area contributed by atoms with Gasteiger partial charge in [-0.1, -0.05) is 17.7 Å². The van der Waals surface area contributed by atoms with E-state index in [0.29, 0.717) is 0 Å². The third-order valence-corrected chi connectivity index (χ3v) is 3.36. The van der Waals surface area contributed by atoms with Crippen molar-refractivity contribution < 1.29 is 9.15 Å². The summed E-state index contributed by atoms with van der Waals surface area (Å²) < 4.78 is 10.8. The standard InChI is InChI=1S/C16H21NO2/c1-11-5-6-16(18-4)13(7-11)9-15(17-3)14-8-12(2)19-10-14/h5-8,10,15,17H,9H2,1-4H3. The van der Waals surface area contributed by atoms with E-state index in [2.05, 4.69) is 30.4 Å². The molecule has 2 aromatic rings. The van der Waals surface area contributed by atoms with Gasteiger partial charge in [-0.15, -0.1) is 0 Å². The van der Waals surface area contributed by atoms with Crippen molar-refractivity contribution in [2.24, 2.45) is 0 Å². The van der Waals surface area contributed by atoms with Crippen molar-refractivity contribution in [2.75, 3.05) is 14.2 Å². The Bertz CT molecular complexity index is 545. The Morgan fingerprint density at radius 1 is 1.26 bits per heavy atom. The maximum absolute atomic E-state index is 5.44. The maximum Gasteiger partial charge on any atom is 0.122 e. The minimum absolute atomic E-state index is 0.230. The monoisotopic (exact) mass is 259 g/mol. The molecule has 1 unspecified atom stereocenters. The Kier molecular flexibility index (Phi) is 4.27. The molecule has 3 nitrogen and oxygen atoms in total. The van der Waals surface area contributed by atoms with Crippen LogP contribution < -0.4 is 10.1 Å². The van der Waals surface area contributed by atoms with E-state index in [-0.39, 0.29) is 6.04 Å². The van der Waals surface area contributed by atoms with E-state index in [1.165, 1.54) is 16.7 Å². The Morgan fingerprint density at radius 3 is 2.63 bits per heavy atom. The summed E-state index contributed by atoms with van der Waals surface area (Å²) in [5.74, 6) is 1.87. The van der Waals surface area contributed by atoms with Crippen molar-refractivity contribution in [3.8, 4) is 5.75 Å². The summed E-state index contributed by atoms with van der Waals surface area (Å²) in [5.41, 5.74) is 3.62. The molecule has 0 aliphatic heterocycles. The Balaban J connectivity index is 2.25. The van der Waals surface area contributed by atoms with Gasteiger partial charge in [0.05, 0.1) is 13.4 Å². The molecule has 1 N–H and O–H groups in total. The molecule has 19 heavy (non-hydrogen) atoms. The number of ether oxygens (including phenoxy) is 1. The van der Waals surface area contributed by atoms with Crippen LogP contribution in [0.3, 0.4) is 0 Å². The van der Waals surface area contributed by atoms with Gasteiger partial charge in [0.15, 0.2) is 0 Å². The lowest BCUT2D eigenvalue weighted by Crippen LogP contribution is -2.18. The molecule has 0 aliphatic carbocycles. The molecule has 0 aliphatic rings. The molecule has 102 valence electrons. The van der Waals surface area contributed by atoms with Gasteiger partial charge in [-0.25, -0.2) is 0 Å². The number of methoxy groups -OCH3 is 1. The van der Waals surface area contributed by atoms with Crippen LogP contribution in [-0.2, 0) is 6.42 Å². The highest BCUT2D eigenvalue weighted by Crippen LogP contribution is 2.26. The number of hydrogen-bond acceptors (Lipinski definition) is 3. The fourth-order valence-electron chi connectivity index (χ4n) is 2.32. The maximum atomic E-state index is 5.44. The summed E-state index contributed by atoms with van der Waals surface area (Å²) in [6.45, 7) is 4.06. The van der Waals surface area contributed by atoms with Crippen LogP contribution >= 0.6 is 0 Å². The van der Waals surface area contributed by atoms with Gasteiger partial charge in [-0.3, -0.25) is 0 Å². The zero-order chi connectivity index (χ0) is 13.8. The van der Waals surface area contributed by atoms with Gasteiger partial charge in [0.1, 0.15) is 11.5 Å². The summed E-state index contributed by atoms with van der Waals surface area (Å²) >= 11 is 0. The number of aryl methyl sites for hydroxylation is 2. The van der Waals surface area contributed by atoms with Crippen molar-refractivity contribution in [1.29, 1.82) is 0 Å². The molecule has 0 radical (unpaired) electrons. The molecule has 0 spiro atoms. The lowest BCUT2D eigenvalue weighted by molar-refractivity contribution is 0.406. The van der Waals surface area contributed by atoms with Crippen LogP contribution in [0.4, 0.5) is 0 Å². The van der Waals surface area contributed by atoms with Crippen LogP contribution in [0, 0.1) is 13.8 Å². The molecular weight excluding hydrogens is 238 g/mol. The first-order valence-electron chi connectivity index (χ1n) is 6.50.